The van der Waals surface area contributed by atoms with Gasteiger partial charge in [0.1, 0.15) is 6.33 Å². The van der Waals surface area contributed by atoms with Gasteiger partial charge in [-0.15, -0.1) is 11.6 Å². The van der Waals surface area contributed by atoms with Crippen molar-refractivity contribution in [2.45, 2.75) is 12.8 Å². The van der Waals surface area contributed by atoms with Crippen LogP contribution in [0.4, 0.5) is 0 Å². The number of alkyl halides is 1. The van der Waals surface area contributed by atoms with E-state index >= 15 is 0 Å². The first-order valence-electron chi connectivity index (χ1n) is 4.62. The molecule has 0 aliphatic carbocycles. The van der Waals surface area contributed by atoms with E-state index in [0.29, 0.717) is 24.4 Å². The lowest BCUT2D eigenvalue weighted by Gasteiger charge is -2.14. The van der Waals surface area contributed by atoms with Gasteiger partial charge in [-0.2, -0.15) is 12.7 Å². The fourth-order valence-electron chi connectivity index (χ4n) is 1.16. The Kier molecular flexibility index (Phi) is 4.61. The normalized spacial score (nSPS) is 12.3. The van der Waals surface area contributed by atoms with Crippen molar-refractivity contribution in [2.24, 2.45) is 0 Å². The minimum atomic E-state index is -3.56. The van der Waals surface area contributed by atoms with Crippen LogP contribution in [0.15, 0.2) is 6.33 Å². The number of hydrogen-bond acceptors (Lipinski definition) is 3. The van der Waals surface area contributed by atoms with E-state index in [9.17, 15) is 8.42 Å². The molecule has 0 fully saturated rings. The maximum Gasteiger partial charge on any atom is 0.308 e. The third kappa shape index (κ3) is 2.68. The molecule has 0 radical (unpaired) electrons. The van der Waals surface area contributed by atoms with E-state index in [2.05, 4.69) is 4.98 Å². The third-order valence-electron chi connectivity index (χ3n) is 2.04. The van der Waals surface area contributed by atoms with Crippen LogP contribution in [0, 0.1) is 0 Å². The largest absolute Gasteiger partial charge is 0.308 e. The number of rotatable bonds is 5. The molecule has 0 atom stereocenters. The second-order valence-corrected chi connectivity index (χ2v) is 6.12. The van der Waals surface area contributed by atoms with E-state index < -0.39 is 10.2 Å². The van der Waals surface area contributed by atoms with Gasteiger partial charge >= 0.3 is 10.2 Å². The van der Waals surface area contributed by atoms with Gasteiger partial charge in [0.25, 0.3) is 0 Å². The van der Waals surface area contributed by atoms with Crippen LogP contribution in [0.1, 0.15) is 12.1 Å². The molecule has 8 heteroatoms. The summed E-state index contributed by atoms with van der Waals surface area (Å²) in [6, 6.07) is 0. The van der Waals surface area contributed by atoms with Crippen molar-refractivity contribution >= 4 is 33.4 Å². The van der Waals surface area contributed by atoms with E-state index in [1.807, 2.05) is 0 Å². The molecule has 5 nitrogen and oxygen atoms in total. The van der Waals surface area contributed by atoms with E-state index in [-0.39, 0.29) is 5.15 Å². The van der Waals surface area contributed by atoms with E-state index in [1.165, 1.54) is 20.4 Å². The highest BCUT2D eigenvalue weighted by Gasteiger charge is 2.21. The fraction of sp³-hybridized carbons (Fsp3) is 0.625. The fourth-order valence-corrected chi connectivity index (χ4v) is 2.55. The Labute approximate surface area is 105 Å². The Bertz CT molecular complexity index is 456. The summed E-state index contributed by atoms with van der Waals surface area (Å²) in [5.74, 6) is 0.448. The number of nitrogens with zero attached hydrogens (tertiary/aromatic N) is 3. The molecule has 0 N–H and O–H groups in total. The predicted molar refractivity (Wildman–Crippen MR) is 64.3 cm³/mol. The Balaban J connectivity index is 3.15. The standard InChI is InChI=1S/C8H13Cl2N3O2S/c1-12(2)16(14,15)13-6-11-8(10)7(13)4-3-5-9/h6H,3-5H2,1-2H3. The van der Waals surface area contributed by atoms with Gasteiger partial charge in [0, 0.05) is 20.0 Å². The Morgan fingerprint density at radius 1 is 1.50 bits per heavy atom. The molecule has 0 saturated carbocycles. The van der Waals surface area contributed by atoms with Crippen molar-refractivity contribution in [2.75, 3.05) is 20.0 Å². The summed E-state index contributed by atoms with van der Waals surface area (Å²) < 4.78 is 26.0. The van der Waals surface area contributed by atoms with Crippen molar-refractivity contribution in [1.29, 1.82) is 0 Å². The molecule has 1 heterocycles. The minimum absolute atomic E-state index is 0.204. The van der Waals surface area contributed by atoms with Crippen LogP contribution in [-0.2, 0) is 16.6 Å². The quantitative estimate of drug-likeness (QED) is 0.768. The van der Waals surface area contributed by atoms with Gasteiger partial charge in [-0.1, -0.05) is 11.6 Å². The van der Waals surface area contributed by atoms with Crippen LogP contribution in [-0.4, -0.2) is 41.7 Å². The number of hydrogen-bond donors (Lipinski definition) is 0. The van der Waals surface area contributed by atoms with Crippen molar-refractivity contribution in [1.82, 2.24) is 13.3 Å². The van der Waals surface area contributed by atoms with E-state index in [0.717, 1.165) is 8.28 Å². The second kappa shape index (κ2) is 5.35. The second-order valence-electron chi connectivity index (χ2n) is 3.36. The smallest absolute Gasteiger partial charge is 0.224 e. The van der Waals surface area contributed by atoms with Gasteiger partial charge in [0.2, 0.25) is 0 Å². The van der Waals surface area contributed by atoms with Gasteiger partial charge in [-0.25, -0.2) is 8.96 Å². The monoisotopic (exact) mass is 285 g/mol. The predicted octanol–water partition coefficient (Wildman–Crippen LogP) is 1.36. The SMILES string of the molecule is CN(C)S(=O)(=O)n1cnc(Cl)c1CCCCl. The van der Waals surface area contributed by atoms with Crippen LogP contribution in [0.3, 0.4) is 0 Å². The summed E-state index contributed by atoms with van der Waals surface area (Å²) in [4.78, 5) is 3.80. The molecular weight excluding hydrogens is 273 g/mol. The van der Waals surface area contributed by atoms with E-state index in [1.54, 1.807) is 0 Å². The van der Waals surface area contributed by atoms with Crippen LogP contribution < -0.4 is 0 Å². The summed E-state index contributed by atoms with van der Waals surface area (Å²) in [7, 11) is -0.651. The molecule has 0 amide bonds. The summed E-state index contributed by atoms with van der Waals surface area (Å²) in [5, 5.41) is 0.204. The molecule has 1 aromatic rings. The Hall–Kier alpha value is -0.300. The van der Waals surface area contributed by atoms with Gasteiger partial charge in [0.15, 0.2) is 5.15 Å². The first-order valence-corrected chi connectivity index (χ1v) is 6.93. The first kappa shape index (κ1) is 13.8. The Morgan fingerprint density at radius 3 is 2.62 bits per heavy atom. The number of aromatic nitrogens is 2. The zero-order valence-electron chi connectivity index (χ0n) is 9.02. The topological polar surface area (TPSA) is 55.2 Å². The zero-order chi connectivity index (χ0) is 12.3. The molecule has 0 aliphatic rings. The molecule has 0 unspecified atom stereocenters. The molecule has 0 aliphatic heterocycles. The van der Waals surface area contributed by atoms with Gasteiger partial charge in [-0.3, -0.25) is 0 Å². The lowest BCUT2D eigenvalue weighted by Crippen LogP contribution is -2.29. The lowest BCUT2D eigenvalue weighted by molar-refractivity contribution is 0.508. The summed E-state index contributed by atoms with van der Waals surface area (Å²) in [5.41, 5.74) is 0.469. The summed E-state index contributed by atoms with van der Waals surface area (Å²) >= 11 is 11.4. The van der Waals surface area contributed by atoms with Crippen LogP contribution in [0.2, 0.25) is 5.15 Å². The number of imidazole rings is 1. The zero-order valence-corrected chi connectivity index (χ0v) is 11.3. The lowest BCUT2D eigenvalue weighted by atomic mass is 10.3. The van der Waals surface area contributed by atoms with Crippen molar-refractivity contribution < 1.29 is 8.42 Å². The highest BCUT2D eigenvalue weighted by Crippen LogP contribution is 2.18. The van der Waals surface area contributed by atoms with E-state index in [4.69, 9.17) is 23.2 Å². The van der Waals surface area contributed by atoms with Crippen molar-refractivity contribution in [3.05, 3.63) is 17.2 Å². The van der Waals surface area contributed by atoms with Crippen LogP contribution in [0.25, 0.3) is 0 Å². The average Bonchev–Trinajstić information content (AvgIpc) is 2.57. The highest BCUT2D eigenvalue weighted by molar-refractivity contribution is 7.87. The summed E-state index contributed by atoms with van der Waals surface area (Å²) in [6.45, 7) is 0. The molecule has 92 valence electrons. The molecule has 1 rings (SSSR count). The molecule has 0 saturated heterocycles. The molecule has 1 aromatic heterocycles. The molecule has 0 spiro atoms. The van der Waals surface area contributed by atoms with Crippen LogP contribution >= 0.6 is 23.2 Å². The minimum Gasteiger partial charge on any atom is -0.224 e. The molecular formula is C8H13Cl2N3O2S. The highest BCUT2D eigenvalue weighted by atomic mass is 35.5. The molecule has 0 aromatic carbocycles. The van der Waals surface area contributed by atoms with Crippen molar-refractivity contribution in [3.8, 4) is 0 Å². The molecule has 0 bridgehead atoms. The molecule has 16 heavy (non-hydrogen) atoms. The van der Waals surface area contributed by atoms with Crippen molar-refractivity contribution in [3.63, 3.8) is 0 Å². The van der Waals surface area contributed by atoms with Gasteiger partial charge < -0.3 is 0 Å². The Morgan fingerprint density at radius 2 is 2.12 bits per heavy atom. The first-order chi connectivity index (χ1) is 7.41. The maximum absolute atomic E-state index is 11.9. The average molecular weight is 286 g/mol. The number of halogens is 2. The van der Waals surface area contributed by atoms with Gasteiger partial charge in [0.05, 0.1) is 5.69 Å². The third-order valence-corrected chi connectivity index (χ3v) is 4.36. The maximum atomic E-state index is 11.9. The van der Waals surface area contributed by atoms with Gasteiger partial charge in [-0.05, 0) is 12.8 Å². The van der Waals surface area contributed by atoms with Crippen LogP contribution in [0.5, 0.6) is 0 Å². The summed E-state index contributed by atoms with van der Waals surface area (Å²) in [6.07, 6.45) is 2.34.